The number of nitrogens with zero attached hydrogens (tertiary/aromatic N) is 1. The van der Waals surface area contributed by atoms with Gasteiger partial charge in [-0.25, -0.2) is 0 Å². The number of hydrogen-bond donors (Lipinski definition) is 0. The van der Waals surface area contributed by atoms with Crippen molar-refractivity contribution in [2.24, 2.45) is 10.9 Å². The van der Waals surface area contributed by atoms with Crippen LogP contribution in [-0.4, -0.2) is 12.0 Å². The van der Waals surface area contributed by atoms with Crippen molar-refractivity contribution >= 4 is 12.0 Å². The van der Waals surface area contributed by atoms with E-state index in [-0.39, 0.29) is 11.7 Å². The maximum absolute atomic E-state index is 10.7. The minimum Gasteiger partial charge on any atom is -0.295 e. The summed E-state index contributed by atoms with van der Waals surface area (Å²) in [6.07, 6.45) is 3.41. The Kier molecular flexibility index (Phi) is 1.47. The Balaban J connectivity index is 2.76. The normalized spacial score (nSPS) is 24.2. The van der Waals surface area contributed by atoms with Gasteiger partial charge in [0, 0.05) is 23.9 Å². The standard InChI is InChI=1S/C7H9NO/c1-5-3-8-4-7(5)6(2)9/h3-5H,1-2H3. The SMILES string of the molecule is CC(=O)C1=CN=CC1C. The van der Waals surface area contributed by atoms with E-state index in [9.17, 15) is 4.79 Å². The first kappa shape index (κ1) is 6.20. The van der Waals surface area contributed by atoms with E-state index in [2.05, 4.69) is 4.99 Å². The van der Waals surface area contributed by atoms with Crippen LogP contribution in [0.2, 0.25) is 0 Å². The molecule has 1 unspecified atom stereocenters. The lowest BCUT2D eigenvalue weighted by atomic mass is 10.0. The molecule has 0 aromatic rings. The first-order valence-corrected chi connectivity index (χ1v) is 2.96. The van der Waals surface area contributed by atoms with Crippen LogP contribution >= 0.6 is 0 Å². The first-order valence-electron chi connectivity index (χ1n) is 2.96. The van der Waals surface area contributed by atoms with Crippen molar-refractivity contribution in [1.82, 2.24) is 0 Å². The topological polar surface area (TPSA) is 29.4 Å². The van der Waals surface area contributed by atoms with E-state index in [1.54, 1.807) is 19.3 Å². The monoisotopic (exact) mass is 123 g/mol. The molecule has 0 saturated carbocycles. The van der Waals surface area contributed by atoms with Crippen LogP contribution in [0.4, 0.5) is 0 Å². The Labute approximate surface area is 54.3 Å². The van der Waals surface area contributed by atoms with E-state index in [4.69, 9.17) is 0 Å². The summed E-state index contributed by atoms with van der Waals surface area (Å²) < 4.78 is 0. The number of Topliss-reactive ketones (excluding diaryl/α,β-unsaturated/α-hetero) is 1. The number of allylic oxidation sites excluding steroid dienone is 1. The highest BCUT2D eigenvalue weighted by Gasteiger charge is 2.13. The van der Waals surface area contributed by atoms with E-state index >= 15 is 0 Å². The van der Waals surface area contributed by atoms with Crippen molar-refractivity contribution in [2.45, 2.75) is 13.8 Å². The number of carbonyl (C=O) groups is 1. The number of carbonyl (C=O) groups excluding carboxylic acids is 1. The van der Waals surface area contributed by atoms with Crippen LogP contribution in [0.1, 0.15) is 13.8 Å². The Morgan fingerprint density at radius 1 is 1.78 bits per heavy atom. The van der Waals surface area contributed by atoms with Gasteiger partial charge >= 0.3 is 0 Å². The summed E-state index contributed by atoms with van der Waals surface area (Å²) in [5.74, 6) is 0.350. The third-order valence-electron chi connectivity index (χ3n) is 1.42. The molecule has 1 aliphatic rings. The molecular weight excluding hydrogens is 114 g/mol. The van der Waals surface area contributed by atoms with Gasteiger partial charge < -0.3 is 0 Å². The average Bonchev–Trinajstić information content (AvgIpc) is 2.13. The molecular formula is C7H9NO. The van der Waals surface area contributed by atoms with Gasteiger partial charge in [-0.05, 0) is 6.92 Å². The summed E-state index contributed by atoms with van der Waals surface area (Å²) in [6.45, 7) is 3.53. The molecule has 0 aromatic heterocycles. The molecule has 1 heterocycles. The smallest absolute Gasteiger partial charge is 0.157 e. The van der Waals surface area contributed by atoms with Crippen molar-refractivity contribution in [3.05, 3.63) is 11.8 Å². The second kappa shape index (κ2) is 2.13. The molecule has 0 saturated heterocycles. The molecule has 0 aromatic carbocycles. The van der Waals surface area contributed by atoms with Crippen molar-refractivity contribution in [3.8, 4) is 0 Å². The van der Waals surface area contributed by atoms with E-state index in [1.807, 2.05) is 6.92 Å². The van der Waals surface area contributed by atoms with Crippen LogP contribution in [0, 0.1) is 5.92 Å². The van der Waals surface area contributed by atoms with Crippen molar-refractivity contribution in [1.29, 1.82) is 0 Å². The van der Waals surface area contributed by atoms with Crippen molar-refractivity contribution < 1.29 is 4.79 Å². The predicted molar refractivity (Wildman–Crippen MR) is 36.4 cm³/mol. The van der Waals surface area contributed by atoms with E-state index in [0.717, 1.165) is 5.57 Å². The number of ketones is 1. The lowest BCUT2D eigenvalue weighted by molar-refractivity contribution is -0.113. The molecule has 0 bridgehead atoms. The van der Waals surface area contributed by atoms with Gasteiger partial charge in [-0.3, -0.25) is 9.79 Å². The molecule has 48 valence electrons. The maximum Gasteiger partial charge on any atom is 0.157 e. The fraction of sp³-hybridized carbons (Fsp3) is 0.429. The summed E-state index contributed by atoms with van der Waals surface area (Å²) in [5, 5.41) is 0. The van der Waals surface area contributed by atoms with Crippen LogP contribution in [0.3, 0.4) is 0 Å². The molecule has 0 fully saturated rings. The predicted octanol–water partition coefficient (Wildman–Crippen LogP) is 1.18. The maximum atomic E-state index is 10.7. The summed E-state index contributed by atoms with van der Waals surface area (Å²) in [6, 6.07) is 0. The highest BCUT2D eigenvalue weighted by atomic mass is 16.1. The number of rotatable bonds is 1. The molecule has 0 amide bonds. The van der Waals surface area contributed by atoms with E-state index in [1.165, 1.54) is 0 Å². The summed E-state index contributed by atoms with van der Waals surface area (Å²) in [7, 11) is 0. The van der Waals surface area contributed by atoms with Gasteiger partial charge in [0.25, 0.3) is 0 Å². The Hall–Kier alpha value is -0.920. The molecule has 2 heteroatoms. The molecule has 1 rings (SSSR count). The van der Waals surface area contributed by atoms with Crippen LogP contribution in [0.5, 0.6) is 0 Å². The molecule has 0 radical (unpaired) electrons. The summed E-state index contributed by atoms with van der Waals surface area (Å²) in [5.41, 5.74) is 0.815. The summed E-state index contributed by atoms with van der Waals surface area (Å²) >= 11 is 0. The third-order valence-corrected chi connectivity index (χ3v) is 1.42. The van der Waals surface area contributed by atoms with Gasteiger partial charge in [-0.15, -0.1) is 0 Å². The van der Waals surface area contributed by atoms with E-state index < -0.39 is 0 Å². The van der Waals surface area contributed by atoms with Crippen molar-refractivity contribution in [2.75, 3.05) is 0 Å². The molecule has 1 aliphatic heterocycles. The zero-order valence-corrected chi connectivity index (χ0v) is 5.59. The Morgan fingerprint density at radius 2 is 2.44 bits per heavy atom. The molecule has 0 spiro atoms. The zero-order chi connectivity index (χ0) is 6.85. The zero-order valence-electron chi connectivity index (χ0n) is 5.59. The second-order valence-corrected chi connectivity index (χ2v) is 2.23. The van der Waals surface area contributed by atoms with Crippen molar-refractivity contribution in [3.63, 3.8) is 0 Å². The van der Waals surface area contributed by atoms with Crippen LogP contribution in [0.25, 0.3) is 0 Å². The lowest BCUT2D eigenvalue weighted by Gasteiger charge is -1.98. The fourth-order valence-corrected chi connectivity index (χ4v) is 0.862. The molecule has 9 heavy (non-hydrogen) atoms. The highest BCUT2D eigenvalue weighted by molar-refractivity contribution is 5.98. The number of hydrogen-bond acceptors (Lipinski definition) is 2. The van der Waals surface area contributed by atoms with E-state index in [0.29, 0.717) is 0 Å². The molecule has 0 N–H and O–H groups in total. The minimum absolute atomic E-state index is 0.125. The lowest BCUT2D eigenvalue weighted by Crippen LogP contribution is -2.04. The molecule has 0 aliphatic carbocycles. The van der Waals surface area contributed by atoms with Gasteiger partial charge in [0.1, 0.15) is 0 Å². The van der Waals surface area contributed by atoms with Gasteiger partial charge in [-0.1, -0.05) is 6.92 Å². The van der Waals surface area contributed by atoms with Gasteiger partial charge in [0.05, 0.1) is 0 Å². The second-order valence-electron chi connectivity index (χ2n) is 2.23. The average molecular weight is 123 g/mol. The van der Waals surface area contributed by atoms with Crippen LogP contribution in [-0.2, 0) is 4.79 Å². The quantitative estimate of drug-likeness (QED) is 0.514. The Morgan fingerprint density at radius 3 is 2.67 bits per heavy atom. The Bertz CT molecular complexity index is 191. The van der Waals surface area contributed by atoms with Crippen LogP contribution < -0.4 is 0 Å². The minimum atomic E-state index is 0.125. The van der Waals surface area contributed by atoms with Gasteiger partial charge in [-0.2, -0.15) is 0 Å². The van der Waals surface area contributed by atoms with Gasteiger partial charge in [0.2, 0.25) is 0 Å². The van der Waals surface area contributed by atoms with Crippen LogP contribution in [0.15, 0.2) is 16.8 Å². The molecule has 2 nitrogen and oxygen atoms in total. The summed E-state index contributed by atoms with van der Waals surface area (Å²) in [4.78, 5) is 14.6. The number of aliphatic imine (C=N–C) groups is 1. The fourth-order valence-electron chi connectivity index (χ4n) is 0.862. The van der Waals surface area contributed by atoms with Gasteiger partial charge in [0.15, 0.2) is 5.78 Å². The largest absolute Gasteiger partial charge is 0.295 e. The molecule has 1 atom stereocenters. The third kappa shape index (κ3) is 1.07. The highest BCUT2D eigenvalue weighted by Crippen LogP contribution is 2.14. The first-order chi connectivity index (χ1) is 4.22.